The maximum absolute atomic E-state index is 11.7. The van der Waals surface area contributed by atoms with Crippen molar-refractivity contribution in [1.82, 2.24) is 5.32 Å². The Morgan fingerprint density at radius 1 is 1.36 bits per heavy atom. The third-order valence-electron chi connectivity index (χ3n) is 2.79. The Labute approximate surface area is 137 Å². The summed E-state index contributed by atoms with van der Waals surface area (Å²) in [6, 6.07) is 6.42. The summed E-state index contributed by atoms with van der Waals surface area (Å²) in [7, 11) is 3.45. The van der Waals surface area contributed by atoms with Gasteiger partial charge in [-0.1, -0.05) is 28.5 Å². The molecule has 22 heavy (non-hydrogen) atoms. The second-order valence-electron chi connectivity index (χ2n) is 4.45. The molecule has 0 aliphatic heterocycles. The average Bonchev–Trinajstić information content (AvgIpc) is 2.46. The number of fused-ring (bicyclic) bond motifs is 1. The molecule has 0 saturated heterocycles. The number of nitrogens with one attached hydrogen (secondary N) is 1. The quantitative estimate of drug-likeness (QED) is 0.489. The number of hydrogen-bond acceptors (Lipinski definition) is 6. The smallest absolute Gasteiger partial charge is 0.412 e. The summed E-state index contributed by atoms with van der Waals surface area (Å²) >= 11 is 0. The van der Waals surface area contributed by atoms with Crippen LogP contribution in [0.5, 0.6) is 5.75 Å². The highest BCUT2D eigenvalue weighted by atomic mass is 33.1. The van der Waals surface area contributed by atoms with Crippen LogP contribution in [0.15, 0.2) is 33.5 Å². The van der Waals surface area contributed by atoms with Gasteiger partial charge in [0.2, 0.25) is 0 Å². The van der Waals surface area contributed by atoms with Crippen molar-refractivity contribution < 1.29 is 15.4 Å². The molecule has 0 aliphatic carbocycles. The molecule has 2 aromatic rings. The lowest BCUT2D eigenvalue weighted by atomic mass is 10.1. The molecule has 0 saturated carbocycles. The minimum atomic E-state index is -0.517. The van der Waals surface area contributed by atoms with Crippen molar-refractivity contribution in [3.63, 3.8) is 0 Å². The zero-order valence-corrected chi connectivity index (χ0v) is 14.0. The van der Waals surface area contributed by atoms with Crippen LogP contribution in [0.4, 0.5) is 4.79 Å². The normalized spacial score (nSPS) is 10.6. The van der Waals surface area contributed by atoms with E-state index < -0.39 is 11.7 Å². The van der Waals surface area contributed by atoms with Crippen LogP contribution in [0.25, 0.3) is 11.0 Å². The van der Waals surface area contributed by atoms with Crippen molar-refractivity contribution in [3.05, 3.63) is 40.2 Å². The average molecular weight is 341 g/mol. The highest BCUT2D eigenvalue weighted by Crippen LogP contribution is 2.22. The topological polar surface area (TPSA) is 68.5 Å². The zero-order chi connectivity index (χ0) is 15.9. The molecule has 0 fully saturated rings. The molecule has 0 atom stereocenters. The molecule has 120 valence electrons. The van der Waals surface area contributed by atoms with Crippen LogP contribution >= 0.6 is 21.6 Å². The minimum absolute atomic E-state index is 0. The Morgan fingerprint density at radius 2 is 2.18 bits per heavy atom. The minimum Gasteiger partial charge on any atom is -0.423 e. The SMILES string of the molecule is CCSSCCNC(=O)Oc1ccc2c(C)cc(=O)oc2c1.[HH]. The Hall–Kier alpha value is -1.60. The molecule has 5 nitrogen and oxygen atoms in total. The van der Waals surface area contributed by atoms with Crippen molar-refractivity contribution in [3.8, 4) is 5.75 Å². The predicted molar refractivity (Wildman–Crippen MR) is 94.0 cm³/mol. The van der Waals surface area contributed by atoms with E-state index in [4.69, 9.17) is 9.15 Å². The van der Waals surface area contributed by atoms with Gasteiger partial charge in [0.05, 0.1) is 0 Å². The van der Waals surface area contributed by atoms with Gasteiger partial charge in [-0.25, -0.2) is 9.59 Å². The first-order chi connectivity index (χ1) is 10.6. The van der Waals surface area contributed by atoms with Gasteiger partial charge < -0.3 is 14.5 Å². The molecule has 1 amide bonds. The van der Waals surface area contributed by atoms with E-state index in [0.717, 1.165) is 22.5 Å². The number of benzene rings is 1. The lowest BCUT2D eigenvalue weighted by Crippen LogP contribution is -2.28. The van der Waals surface area contributed by atoms with Crippen LogP contribution in [0.2, 0.25) is 0 Å². The third-order valence-corrected chi connectivity index (χ3v) is 5.27. The van der Waals surface area contributed by atoms with Gasteiger partial charge in [0.1, 0.15) is 11.3 Å². The molecule has 7 heteroatoms. The van der Waals surface area contributed by atoms with Gasteiger partial charge in [0.15, 0.2) is 0 Å². The van der Waals surface area contributed by atoms with Gasteiger partial charge in [-0.15, -0.1) is 0 Å². The molecule has 0 radical (unpaired) electrons. The van der Waals surface area contributed by atoms with E-state index in [1.165, 1.54) is 6.07 Å². The number of ether oxygens (including phenoxy) is 1. The lowest BCUT2D eigenvalue weighted by Gasteiger charge is -2.07. The summed E-state index contributed by atoms with van der Waals surface area (Å²) in [6.45, 7) is 4.45. The molecular formula is C15H19NO4S2. The van der Waals surface area contributed by atoms with Crippen LogP contribution in [0.3, 0.4) is 0 Å². The van der Waals surface area contributed by atoms with E-state index >= 15 is 0 Å². The molecule has 1 heterocycles. The Bertz CT molecular complexity index is 720. The fourth-order valence-corrected chi connectivity index (χ4v) is 3.42. The molecule has 0 bridgehead atoms. The Balaban J connectivity index is 0.00000264. The monoisotopic (exact) mass is 341 g/mol. The second-order valence-corrected chi connectivity index (χ2v) is 7.32. The van der Waals surface area contributed by atoms with Gasteiger partial charge in [0, 0.05) is 37.0 Å². The van der Waals surface area contributed by atoms with Crippen LogP contribution in [0.1, 0.15) is 13.9 Å². The fraction of sp³-hybridized carbons (Fsp3) is 0.333. The highest BCUT2D eigenvalue weighted by Gasteiger charge is 2.07. The third kappa shape index (κ3) is 4.71. The number of carbonyl (C=O) groups excluding carboxylic acids is 1. The van der Waals surface area contributed by atoms with E-state index in [-0.39, 0.29) is 1.43 Å². The summed E-state index contributed by atoms with van der Waals surface area (Å²) in [5.74, 6) is 2.20. The van der Waals surface area contributed by atoms with Gasteiger partial charge in [-0.05, 0) is 24.6 Å². The zero-order valence-electron chi connectivity index (χ0n) is 12.4. The van der Waals surface area contributed by atoms with Crippen LogP contribution in [0, 0.1) is 6.92 Å². The lowest BCUT2D eigenvalue weighted by molar-refractivity contribution is 0.201. The number of aryl methyl sites for hydroxylation is 1. The second kappa shape index (κ2) is 8.14. The molecule has 1 N–H and O–H groups in total. The standard InChI is InChI=1S/C15H17NO4S2.H2/c1-3-21-22-7-6-16-15(18)19-11-4-5-12-10(2)8-14(17)20-13(12)9-11;/h4-5,8-9H,3,6-7H2,1-2H3,(H,16,18);1H. The maximum Gasteiger partial charge on any atom is 0.412 e. The summed E-state index contributed by atoms with van der Waals surface area (Å²) in [5, 5.41) is 3.49. The van der Waals surface area contributed by atoms with Crippen LogP contribution in [-0.4, -0.2) is 24.1 Å². The molecule has 1 aromatic heterocycles. The largest absolute Gasteiger partial charge is 0.423 e. The number of hydrogen-bond donors (Lipinski definition) is 1. The van der Waals surface area contributed by atoms with E-state index in [0.29, 0.717) is 17.9 Å². The summed E-state index contributed by atoms with van der Waals surface area (Å²) in [6.07, 6.45) is -0.517. The van der Waals surface area contributed by atoms with E-state index in [1.807, 2.05) is 6.92 Å². The fourth-order valence-electron chi connectivity index (χ4n) is 1.85. The van der Waals surface area contributed by atoms with Gasteiger partial charge in [-0.3, -0.25) is 0 Å². The summed E-state index contributed by atoms with van der Waals surface area (Å²) in [4.78, 5) is 23.0. The van der Waals surface area contributed by atoms with E-state index in [9.17, 15) is 9.59 Å². The molecule has 2 rings (SSSR count). The molecule has 0 spiro atoms. The van der Waals surface area contributed by atoms with Crippen molar-refractivity contribution in [2.24, 2.45) is 0 Å². The first kappa shape index (κ1) is 16.8. The van der Waals surface area contributed by atoms with Crippen molar-refractivity contribution in [1.29, 1.82) is 0 Å². The van der Waals surface area contributed by atoms with Crippen molar-refractivity contribution in [2.45, 2.75) is 13.8 Å². The summed E-state index contributed by atoms with van der Waals surface area (Å²) in [5.41, 5.74) is 0.815. The van der Waals surface area contributed by atoms with Crippen molar-refractivity contribution >= 4 is 38.7 Å². The highest BCUT2D eigenvalue weighted by molar-refractivity contribution is 8.76. The number of carbonyl (C=O) groups is 1. The summed E-state index contributed by atoms with van der Waals surface area (Å²) < 4.78 is 10.3. The van der Waals surface area contributed by atoms with E-state index in [2.05, 4.69) is 12.2 Å². The maximum atomic E-state index is 11.7. The van der Waals surface area contributed by atoms with Gasteiger partial charge in [0.25, 0.3) is 0 Å². The van der Waals surface area contributed by atoms with Gasteiger partial charge >= 0.3 is 11.7 Å². The van der Waals surface area contributed by atoms with Gasteiger partial charge in [-0.2, -0.15) is 0 Å². The number of amides is 1. The Kier molecular flexibility index (Phi) is 6.21. The molecule has 1 aromatic carbocycles. The molecular weight excluding hydrogens is 322 g/mol. The van der Waals surface area contributed by atoms with Crippen LogP contribution < -0.4 is 15.7 Å². The molecule has 0 unspecified atom stereocenters. The van der Waals surface area contributed by atoms with E-state index in [1.54, 1.807) is 39.8 Å². The predicted octanol–water partition coefficient (Wildman–Crippen LogP) is 3.84. The Morgan fingerprint density at radius 3 is 2.95 bits per heavy atom. The molecule has 0 aliphatic rings. The first-order valence-electron chi connectivity index (χ1n) is 6.84. The van der Waals surface area contributed by atoms with Crippen molar-refractivity contribution in [2.75, 3.05) is 18.1 Å². The van der Waals surface area contributed by atoms with Crippen LogP contribution in [-0.2, 0) is 0 Å². The number of rotatable bonds is 6. The first-order valence-corrected chi connectivity index (χ1v) is 9.33.